The number of ether oxygens (including phenoxy) is 3. The van der Waals surface area contributed by atoms with Crippen molar-refractivity contribution in [1.82, 2.24) is 63.8 Å². The molecule has 592 valence electrons. The number of halogens is 9. The van der Waals surface area contributed by atoms with Gasteiger partial charge in [0.15, 0.2) is 26.1 Å². The predicted molar refractivity (Wildman–Crippen MR) is 427 cm³/mol. The molecule has 26 nitrogen and oxygen atoms in total. The SMILES string of the molecule is C.C.C.CC(C)(C)Cc1cc(F)cc2c1nc(CCl)n2C(=O)OC(C)(C)C.CC(C)(C)Cc1cc(F)cc2c1nc(Cn1nc(Cl)cc(N)c1=O)n2C(=O)OC(C)(C)C.CC(C)(C)Cc1cc(F)cc2c1nc(Cn1nccc(N)c1=O)n2C(=O)OC(C)(C)C.NC1=CC(Cl)=NNC1Cl.Nc1cc(Cl)nnc1Cl. The molecule has 0 fully saturated rings. The maximum atomic E-state index is 14.6. The quantitative estimate of drug-likeness (QED) is 0.0536. The van der Waals surface area contributed by atoms with Gasteiger partial charge in [-0.3, -0.25) is 15.0 Å². The number of carbonyl (C=O) groups is 3. The van der Waals surface area contributed by atoms with Crippen LogP contribution in [0.25, 0.3) is 33.1 Å². The zero-order valence-corrected chi connectivity index (χ0v) is 66.0. The molecule has 0 aliphatic carbocycles. The molecule has 1 aliphatic rings. The van der Waals surface area contributed by atoms with Crippen LogP contribution in [0.5, 0.6) is 0 Å². The zero-order valence-electron chi connectivity index (χ0n) is 61.5. The number of nitrogens with one attached hydrogen (secondary N) is 1. The van der Waals surface area contributed by atoms with Gasteiger partial charge in [-0.25, -0.2) is 65.6 Å². The summed E-state index contributed by atoms with van der Waals surface area (Å²) in [5.74, 6) is -0.673. The highest BCUT2D eigenvalue weighted by molar-refractivity contribution is 6.68. The fourth-order valence-corrected chi connectivity index (χ4v) is 10.9. The van der Waals surface area contributed by atoms with Crippen LogP contribution in [0.4, 0.5) is 44.6 Å². The van der Waals surface area contributed by atoms with Gasteiger partial charge < -0.3 is 37.1 Å². The Bertz CT molecular complexity index is 4900. The lowest BCUT2D eigenvalue weighted by molar-refractivity contribution is 0.0526. The van der Waals surface area contributed by atoms with Crippen LogP contribution < -0.4 is 39.5 Å². The molecule has 0 saturated heterocycles. The zero-order chi connectivity index (χ0) is 79.1. The number of fused-ring (bicyclic) bond motifs is 3. The van der Waals surface area contributed by atoms with E-state index in [0.717, 1.165) is 14.9 Å². The third kappa shape index (κ3) is 26.8. The van der Waals surface area contributed by atoms with Gasteiger partial charge in [0.2, 0.25) is 0 Å². The van der Waals surface area contributed by atoms with Crippen LogP contribution in [-0.4, -0.2) is 104 Å². The first kappa shape index (κ1) is 93.5. The van der Waals surface area contributed by atoms with E-state index in [1.165, 1.54) is 80.6 Å². The summed E-state index contributed by atoms with van der Waals surface area (Å²) in [5, 5.41) is 19.3. The molecule has 35 heteroatoms. The maximum absolute atomic E-state index is 14.6. The lowest BCUT2D eigenvalue weighted by atomic mass is 9.87. The van der Waals surface area contributed by atoms with E-state index in [0.29, 0.717) is 74.8 Å². The van der Waals surface area contributed by atoms with Crippen molar-refractivity contribution in [2.24, 2.45) is 27.1 Å². The second kappa shape index (κ2) is 37.1. The van der Waals surface area contributed by atoms with E-state index >= 15 is 0 Å². The number of aromatic nitrogens is 12. The minimum Gasteiger partial charge on any atom is -0.443 e. The Hall–Kier alpha value is -8.74. The number of nitrogen functional groups attached to an aromatic ring is 3. The highest BCUT2D eigenvalue weighted by Crippen LogP contribution is 2.34. The van der Waals surface area contributed by atoms with Gasteiger partial charge in [-0.2, -0.15) is 15.3 Å². The second-order valence-electron chi connectivity index (χ2n) is 30.8. The number of alkyl halides is 2. The first-order valence-electron chi connectivity index (χ1n) is 32.4. The topological polar surface area (TPSA) is 356 Å². The third-order valence-electron chi connectivity index (χ3n) is 13.7. The van der Waals surface area contributed by atoms with Gasteiger partial charge in [-0.05, 0) is 145 Å². The molecule has 0 spiro atoms. The summed E-state index contributed by atoms with van der Waals surface area (Å²) < 4.78 is 65.5. The number of anilines is 3. The molecule has 1 aliphatic heterocycles. The van der Waals surface area contributed by atoms with Gasteiger partial charge in [0, 0.05) is 36.5 Å². The number of nitrogens with two attached hydrogens (primary N) is 4. The smallest absolute Gasteiger partial charge is 0.420 e. The summed E-state index contributed by atoms with van der Waals surface area (Å²) in [7, 11) is 0. The van der Waals surface area contributed by atoms with E-state index < -0.39 is 69.2 Å². The van der Waals surface area contributed by atoms with Crippen molar-refractivity contribution in [3.05, 3.63) is 160 Å². The number of hydrazone groups is 1. The average Bonchev–Trinajstić information content (AvgIpc) is 1.62. The minimum absolute atomic E-state index is 0. The summed E-state index contributed by atoms with van der Waals surface area (Å²) in [6.07, 6.45) is 2.54. The van der Waals surface area contributed by atoms with Gasteiger partial charge in [0.1, 0.15) is 76.2 Å². The lowest BCUT2D eigenvalue weighted by Crippen LogP contribution is -2.31. The van der Waals surface area contributed by atoms with Crippen LogP contribution in [0.3, 0.4) is 0 Å². The standard InChI is InChI=1S/C22H27ClFN5O3.C22H28FN5O3.C18H24ClFN2O2.C4H5Cl2N3.C4H3Cl2N3.3CH4/c1-21(2,3)10-12-7-13(24)8-15-18(12)26-17(29(15)20(31)32-22(4,5)6)11-28-19(30)14(25)9-16(23)27-28;1-21(2,3)11-13-9-14(23)10-16-18(13)26-17(28(16)20(30)31-22(4,5)6)12-27-19(29)15(24)7-8-25-27;1-17(2,3)9-11-7-12(20)8-13-15(11)21-14(10-19)22(13)16(23)24-18(4,5)6;2*5-3-1-2(7)4(6)9-8-3;;;/h7-9H,10-11,25H2,1-6H3;7-10H,11-12,24H2,1-6H3;7-8H,9-10H2,1-6H3;1,4,9H,7H2;1H,(H2,7,8);3*1H4. The molecule has 0 bridgehead atoms. The number of hydrogen-bond acceptors (Lipinski definition) is 21. The molecule has 6 aromatic heterocycles. The van der Waals surface area contributed by atoms with E-state index in [1.807, 2.05) is 41.5 Å². The Kier molecular flexibility index (Phi) is 32.1. The summed E-state index contributed by atoms with van der Waals surface area (Å²) in [5.41, 5.74) is 25.8. The van der Waals surface area contributed by atoms with Crippen molar-refractivity contribution in [3.63, 3.8) is 0 Å². The Balaban J connectivity index is 0.000000373. The molecule has 0 amide bonds. The number of benzene rings is 3. The molecule has 7 heterocycles. The van der Waals surface area contributed by atoms with Gasteiger partial charge in [-0.1, -0.05) is 143 Å². The monoisotopic (exact) mass is 1620 g/mol. The number of carbonyl (C=O) groups excluding carboxylic acids is 3. The van der Waals surface area contributed by atoms with Crippen LogP contribution in [0, 0.1) is 33.7 Å². The number of hydrogen-bond donors (Lipinski definition) is 5. The molecule has 3 aromatic carbocycles. The molecule has 10 rings (SSSR count). The second-order valence-corrected chi connectivity index (χ2v) is 33.0. The van der Waals surface area contributed by atoms with Crippen LogP contribution in [-0.2, 0) is 52.4 Å². The van der Waals surface area contributed by atoms with Crippen LogP contribution in [0.1, 0.15) is 181 Å². The highest BCUT2D eigenvalue weighted by Gasteiger charge is 2.31. The Labute approximate surface area is 657 Å². The van der Waals surface area contributed by atoms with Crippen LogP contribution in [0.15, 0.2) is 87.3 Å². The fraction of sp³-hybridized carbons (Fsp3) is 0.466. The maximum Gasteiger partial charge on any atom is 0.420 e. The van der Waals surface area contributed by atoms with E-state index in [4.69, 9.17) is 107 Å². The van der Waals surface area contributed by atoms with Gasteiger partial charge in [0.25, 0.3) is 11.1 Å². The van der Waals surface area contributed by atoms with Crippen molar-refractivity contribution in [3.8, 4) is 0 Å². The largest absolute Gasteiger partial charge is 0.443 e. The normalized spacial score (nSPS) is 13.0. The van der Waals surface area contributed by atoms with Crippen molar-refractivity contribution in [1.29, 1.82) is 0 Å². The van der Waals surface area contributed by atoms with Crippen molar-refractivity contribution in [2.75, 3.05) is 17.2 Å². The first-order chi connectivity index (χ1) is 48.2. The van der Waals surface area contributed by atoms with Gasteiger partial charge in [-0.15, -0.1) is 21.8 Å². The third-order valence-corrected chi connectivity index (χ3v) is 15.2. The predicted octanol–water partition coefficient (Wildman–Crippen LogP) is 17.2. The first-order valence-corrected chi connectivity index (χ1v) is 34.9. The van der Waals surface area contributed by atoms with Gasteiger partial charge >= 0.3 is 18.3 Å². The minimum atomic E-state index is -0.803. The lowest BCUT2D eigenvalue weighted by Gasteiger charge is -2.21. The summed E-state index contributed by atoms with van der Waals surface area (Å²) in [6.45, 7) is 33.7. The number of rotatable bonds is 8. The molecule has 1 atom stereocenters. The van der Waals surface area contributed by atoms with E-state index in [1.54, 1.807) is 62.3 Å². The number of nitrogens with zero attached hydrogens (tertiary/aromatic N) is 13. The molecule has 108 heavy (non-hydrogen) atoms. The summed E-state index contributed by atoms with van der Waals surface area (Å²) in [4.78, 5) is 77.2. The molecular weight excluding hydrogens is 1530 g/mol. The Morgan fingerprint density at radius 3 is 1.21 bits per heavy atom. The average molecular weight is 1630 g/mol. The Morgan fingerprint density at radius 1 is 0.509 bits per heavy atom. The molecule has 9 N–H and O–H groups in total. The highest BCUT2D eigenvalue weighted by atomic mass is 35.5. The van der Waals surface area contributed by atoms with Crippen molar-refractivity contribution >= 4 is 143 Å². The van der Waals surface area contributed by atoms with Crippen molar-refractivity contribution < 1.29 is 41.8 Å². The molecule has 9 aromatic rings. The summed E-state index contributed by atoms with van der Waals surface area (Å²) >= 11 is 33.8. The van der Waals surface area contributed by atoms with E-state index in [2.05, 4.69) is 66.6 Å². The molecular formula is C73H99Cl6F3N18O8. The molecule has 1 unspecified atom stereocenters. The number of allylic oxidation sites excluding steroid dienone is 1. The van der Waals surface area contributed by atoms with Gasteiger partial charge in [0.05, 0.1) is 50.4 Å². The summed E-state index contributed by atoms with van der Waals surface area (Å²) in [6, 6.07) is 12.2. The number of imidazole rings is 3. The van der Waals surface area contributed by atoms with E-state index in [-0.39, 0.29) is 107 Å². The molecule has 0 saturated carbocycles. The van der Waals surface area contributed by atoms with Crippen LogP contribution >= 0.6 is 69.6 Å². The Morgan fingerprint density at radius 2 is 0.870 bits per heavy atom. The fourth-order valence-electron chi connectivity index (χ4n) is 10.0. The van der Waals surface area contributed by atoms with Crippen LogP contribution in [0.2, 0.25) is 15.5 Å². The van der Waals surface area contributed by atoms with Crippen molar-refractivity contribution in [2.45, 2.75) is 207 Å². The molecule has 0 radical (unpaired) electrons. The van der Waals surface area contributed by atoms with E-state index in [9.17, 15) is 37.1 Å².